The molecular weight excluding hydrogens is 304 g/mol. The van der Waals surface area contributed by atoms with Gasteiger partial charge in [0.2, 0.25) is 11.8 Å². The Balaban J connectivity index is 1.46. The van der Waals surface area contributed by atoms with Gasteiger partial charge in [-0.15, -0.1) is 11.3 Å². The van der Waals surface area contributed by atoms with Crippen LogP contribution in [0.5, 0.6) is 0 Å². The van der Waals surface area contributed by atoms with Crippen LogP contribution in [0.1, 0.15) is 6.42 Å². The molecule has 0 spiro atoms. The van der Waals surface area contributed by atoms with Gasteiger partial charge in [-0.1, -0.05) is 0 Å². The first-order valence-corrected chi connectivity index (χ1v) is 8.38. The van der Waals surface area contributed by atoms with Gasteiger partial charge < -0.3 is 15.0 Å². The Kier molecular flexibility index (Phi) is 5.01. The number of thiazole rings is 1. The van der Waals surface area contributed by atoms with Crippen LogP contribution in [0.4, 0.5) is 5.13 Å². The molecule has 2 fully saturated rings. The maximum atomic E-state index is 12.2. The van der Waals surface area contributed by atoms with E-state index in [0.717, 1.165) is 32.8 Å². The number of aromatic nitrogens is 1. The maximum Gasteiger partial charge on any atom is 0.231 e. The second-order valence-corrected chi connectivity index (χ2v) is 6.42. The van der Waals surface area contributed by atoms with Crippen molar-refractivity contribution in [2.45, 2.75) is 6.42 Å². The highest BCUT2D eigenvalue weighted by molar-refractivity contribution is 7.13. The second-order valence-electron chi connectivity index (χ2n) is 5.52. The van der Waals surface area contributed by atoms with Crippen LogP contribution in [-0.2, 0) is 14.3 Å². The molecule has 7 nitrogen and oxygen atoms in total. The van der Waals surface area contributed by atoms with Crippen molar-refractivity contribution in [1.82, 2.24) is 14.8 Å². The van der Waals surface area contributed by atoms with Gasteiger partial charge >= 0.3 is 0 Å². The van der Waals surface area contributed by atoms with Crippen LogP contribution in [0.25, 0.3) is 0 Å². The average Bonchev–Trinajstić information content (AvgIpc) is 3.16. The minimum absolute atomic E-state index is 0.0625. The van der Waals surface area contributed by atoms with E-state index in [-0.39, 0.29) is 17.7 Å². The third-order valence-corrected chi connectivity index (χ3v) is 4.73. The van der Waals surface area contributed by atoms with Crippen LogP contribution in [-0.4, -0.2) is 72.5 Å². The molecule has 2 aliphatic heterocycles. The molecule has 2 saturated heterocycles. The molecule has 120 valence electrons. The highest BCUT2D eigenvalue weighted by Crippen LogP contribution is 2.20. The van der Waals surface area contributed by atoms with Gasteiger partial charge in [-0.05, 0) is 0 Å². The number of ether oxygens (including phenoxy) is 1. The normalized spacial score (nSPS) is 23.0. The predicted molar refractivity (Wildman–Crippen MR) is 82.7 cm³/mol. The summed E-state index contributed by atoms with van der Waals surface area (Å²) in [5.74, 6) is -0.328. The number of rotatable bonds is 5. The molecule has 0 radical (unpaired) electrons. The van der Waals surface area contributed by atoms with Gasteiger partial charge in [0.05, 0.1) is 19.1 Å². The van der Waals surface area contributed by atoms with Crippen molar-refractivity contribution in [2.75, 3.05) is 51.3 Å². The van der Waals surface area contributed by atoms with Crippen LogP contribution < -0.4 is 5.32 Å². The molecule has 3 rings (SSSR count). The first-order valence-electron chi connectivity index (χ1n) is 7.50. The summed E-state index contributed by atoms with van der Waals surface area (Å²) in [5, 5.41) is 5.17. The average molecular weight is 324 g/mol. The molecule has 1 aromatic rings. The van der Waals surface area contributed by atoms with Gasteiger partial charge in [-0.2, -0.15) is 0 Å². The standard InChI is InChI=1S/C14H20N4O3S/c19-12-9-11(13(20)16-14-15-1-8-22-14)10-18(12)3-2-17-4-6-21-7-5-17/h1,8,11H,2-7,9-10H2,(H,15,16,20). The summed E-state index contributed by atoms with van der Waals surface area (Å²) in [6, 6.07) is 0. The summed E-state index contributed by atoms with van der Waals surface area (Å²) in [6.45, 7) is 5.36. The van der Waals surface area contributed by atoms with Crippen LogP contribution >= 0.6 is 11.3 Å². The van der Waals surface area contributed by atoms with Crippen molar-refractivity contribution in [3.63, 3.8) is 0 Å². The molecule has 22 heavy (non-hydrogen) atoms. The highest BCUT2D eigenvalue weighted by Gasteiger charge is 2.34. The topological polar surface area (TPSA) is 74.8 Å². The molecule has 3 heterocycles. The molecule has 1 atom stereocenters. The zero-order chi connectivity index (χ0) is 15.4. The molecule has 2 amide bonds. The summed E-state index contributed by atoms with van der Waals surface area (Å²) in [6.07, 6.45) is 1.94. The fourth-order valence-corrected chi connectivity index (χ4v) is 3.28. The summed E-state index contributed by atoms with van der Waals surface area (Å²) >= 11 is 1.38. The number of likely N-dealkylation sites (tertiary alicyclic amines) is 1. The van der Waals surface area contributed by atoms with Gasteiger partial charge in [-0.25, -0.2) is 4.98 Å². The van der Waals surface area contributed by atoms with E-state index >= 15 is 0 Å². The van der Waals surface area contributed by atoms with Gasteiger partial charge in [0.15, 0.2) is 5.13 Å². The van der Waals surface area contributed by atoms with Crippen molar-refractivity contribution in [3.05, 3.63) is 11.6 Å². The third-order valence-electron chi connectivity index (χ3n) is 4.04. The lowest BCUT2D eigenvalue weighted by atomic mass is 10.1. The van der Waals surface area contributed by atoms with Crippen LogP contribution in [0.3, 0.4) is 0 Å². The van der Waals surface area contributed by atoms with Gasteiger partial charge in [-0.3, -0.25) is 14.5 Å². The molecule has 0 aliphatic carbocycles. The summed E-state index contributed by atoms with van der Waals surface area (Å²) < 4.78 is 5.31. The number of amides is 2. The first kappa shape index (κ1) is 15.4. The van der Waals surface area contributed by atoms with E-state index < -0.39 is 0 Å². The fraction of sp³-hybridized carbons (Fsp3) is 0.643. The van der Waals surface area contributed by atoms with Crippen LogP contribution in [0.15, 0.2) is 11.6 Å². The Morgan fingerprint density at radius 1 is 1.41 bits per heavy atom. The molecule has 0 saturated carbocycles. The van der Waals surface area contributed by atoms with E-state index in [9.17, 15) is 9.59 Å². The largest absolute Gasteiger partial charge is 0.379 e. The molecular formula is C14H20N4O3S. The number of carbonyl (C=O) groups excluding carboxylic acids is 2. The number of nitrogens with one attached hydrogen (secondary N) is 1. The molecule has 0 aromatic carbocycles. The molecule has 1 N–H and O–H groups in total. The number of carbonyl (C=O) groups is 2. The summed E-state index contributed by atoms with van der Waals surface area (Å²) in [5.41, 5.74) is 0. The zero-order valence-corrected chi connectivity index (χ0v) is 13.2. The van der Waals surface area contributed by atoms with E-state index in [2.05, 4.69) is 15.2 Å². The van der Waals surface area contributed by atoms with Crippen LogP contribution in [0, 0.1) is 5.92 Å². The van der Waals surface area contributed by atoms with Crippen molar-refractivity contribution in [1.29, 1.82) is 0 Å². The molecule has 1 aromatic heterocycles. The highest BCUT2D eigenvalue weighted by atomic mass is 32.1. The lowest BCUT2D eigenvalue weighted by molar-refractivity contribution is -0.128. The number of nitrogens with zero attached hydrogens (tertiary/aromatic N) is 3. The monoisotopic (exact) mass is 324 g/mol. The lowest BCUT2D eigenvalue weighted by Crippen LogP contribution is -2.42. The molecule has 8 heteroatoms. The number of anilines is 1. The second kappa shape index (κ2) is 7.17. The Hall–Kier alpha value is -1.51. The van der Waals surface area contributed by atoms with Gasteiger partial charge in [0.1, 0.15) is 0 Å². The zero-order valence-electron chi connectivity index (χ0n) is 12.4. The Bertz CT molecular complexity index is 516. The number of hydrogen-bond acceptors (Lipinski definition) is 6. The molecule has 2 aliphatic rings. The van der Waals surface area contributed by atoms with E-state index in [0.29, 0.717) is 24.6 Å². The van der Waals surface area contributed by atoms with Crippen molar-refractivity contribution >= 4 is 28.3 Å². The first-order chi connectivity index (χ1) is 10.7. The smallest absolute Gasteiger partial charge is 0.231 e. The minimum Gasteiger partial charge on any atom is -0.379 e. The third kappa shape index (κ3) is 3.82. The van der Waals surface area contributed by atoms with E-state index in [1.54, 1.807) is 11.1 Å². The minimum atomic E-state index is -0.277. The van der Waals surface area contributed by atoms with Crippen molar-refractivity contribution in [3.8, 4) is 0 Å². The van der Waals surface area contributed by atoms with Gasteiger partial charge in [0.25, 0.3) is 0 Å². The van der Waals surface area contributed by atoms with E-state index in [4.69, 9.17) is 4.74 Å². The van der Waals surface area contributed by atoms with E-state index in [1.165, 1.54) is 11.3 Å². The Morgan fingerprint density at radius 3 is 2.95 bits per heavy atom. The summed E-state index contributed by atoms with van der Waals surface area (Å²) in [4.78, 5) is 32.3. The Labute approximate surface area is 133 Å². The van der Waals surface area contributed by atoms with Crippen molar-refractivity contribution in [2.24, 2.45) is 5.92 Å². The van der Waals surface area contributed by atoms with Gasteiger partial charge in [0, 0.05) is 50.7 Å². The van der Waals surface area contributed by atoms with E-state index in [1.807, 2.05) is 5.38 Å². The quantitative estimate of drug-likeness (QED) is 0.841. The maximum absolute atomic E-state index is 12.2. The predicted octanol–water partition coefficient (Wildman–Crippen LogP) is 0.262. The molecule has 0 bridgehead atoms. The molecule has 1 unspecified atom stereocenters. The summed E-state index contributed by atoms with van der Waals surface area (Å²) in [7, 11) is 0. The van der Waals surface area contributed by atoms with Crippen LogP contribution in [0.2, 0.25) is 0 Å². The fourth-order valence-electron chi connectivity index (χ4n) is 2.74. The lowest BCUT2D eigenvalue weighted by Gasteiger charge is -2.28. The number of morpholine rings is 1. The van der Waals surface area contributed by atoms with Crippen molar-refractivity contribution < 1.29 is 14.3 Å². The Morgan fingerprint density at radius 2 is 2.23 bits per heavy atom. The SMILES string of the molecule is O=C(Nc1nccs1)C1CC(=O)N(CCN2CCOCC2)C1. The number of hydrogen-bond donors (Lipinski definition) is 1.